The number of hydrogen-bond acceptors (Lipinski definition) is 5. The maximum absolute atomic E-state index is 12.9. The first-order chi connectivity index (χ1) is 9.62. The first-order valence-electron chi connectivity index (χ1n) is 5.65. The Hall–Kier alpha value is -0.840. The van der Waals surface area contributed by atoms with Gasteiger partial charge in [0.05, 0.1) is 0 Å². The average molecular weight is 436 g/mol. The van der Waals surface area contributed by atoms with Gasteiger partial charge in [-0.05, 0) is 46.2 Å². The minimum atomic E-state index is -4.99. The highest BCUT2D eigenvalue weighted by Gasteiger charge is 2.41. The van der Waals surface area contributed by atoms with Crippen LogP contribution >= 0.6 is 30.1 Å². The molecule has 0 aliphatic carbocycles. The molecule has 1 aromatic rings. The van der Waals surface area contributed by atoms with Gasteiger partial charge in [-0.1, -0.05) is 8.93 Å². The molecule has 0 saturated carbocycles. The fourth-order valence-corrected chi connectivity index (χ4v) is 2.41. The Morgan fingerprint density at radius 3 is 2.29 bits per heavy atom. The number of alkyl halides is 3. The molecular formula is C12H12F3IO4S. The summed E-state index contributed by atoms with van der Waals surface area (Å²) < 4.78 is 43.5. The van der Waals surface area contributed by atoms with E-state index in [0.717, 1.165) is 0 Å². The van der Waals surface area contributed by atoms with Crippen molar-refractivity contribution in [3.63, 3.8) is 0 Å². The highest BCUT2D eigenvalue weighted by molar-refractivity contribution is 14.2. The van der Waals surface area contributed by atoms with Gasteiger partial charge in [0.1, 0.15) is 29.2 Å². The van der Waals surface area contributed by atoms with Crippen molar-refractivity contribution in [2.24, 2.45) is 0 Å². The van der Waals surface area contributed by atoms with Crippen LogP contribution in [0, 0.1) is 13.8 Å². The molecule has 4 nitrogen and oxygen atoms in total. The largest absolute Gasteiger partial charge is 0.507 e. The summed E-state index contributed by atoms with van der Waals surface area (Å²) in [6, 6.07) is 0. The van der Waals surface area contributed by atoms with Crippen molar-refractivity contribution in [2.75, 3.05) is 12.4 Å². The van der Waals surface area contributed by atoms with Crippen molar-refractivity contribution in [1.29, 1.82) is 0 Å². The Labute approximate surface area is 135 Å². The number of carbonyl (C=O) groups excluding carboxylic acids is 1. The highest BCUT2D eigenvalue weighted by atomic mass is 127. The molecule has 0 aromatic heterocycles. The minimum Gasteiger partial charge on any atom is -0.507 e. The first kappa shape index (κ1) is 18.2. The number of halogens is 4. The van der Waals surface area contributed by atoms with E-state index in [1.165, 1.54) is 22.8 Å². The first-order valence-corrected chi connectivity index (χ1v) is 9.18. The lowest BCUT2D eigenvalue weighted by Crippen LogP contribution is -2.15. The molecule has 0 spiro atoms. The predicted octanol–water partition coefficient (Wildman–Crippen LogP) is 3.97. The molecule has 2 N–H and O–H groups in total. The van der Waals surface area contributed by atoms with Crippen LogP contribution in [0.25, 0.3) is 0 Å². The molecule has 0 saturated heterocycles. The van der Waals surface area contributed by atoms with Crippen LogP contribution in [0.3, 0.4) is 0 Å². The van der Waals surface area contributed by atoms with Crippen molar-refractivity contribution >= 4 is 36.1 Å². The molecule has 0 bridgehead atoms. The average Bonchev–Trinajstić information content (AvgIpc) is 2.35. The van der Waals surface area contributed by atoms with Gasteiger partial charge in [-0.2, -0.15) is 13.2 Å². The zero-order valence-electron chi connectivity index (χ0n) is 11.0. The molecule has 0 amide bonds. The SMILES string of the molecule is Cc1c(C)c(C(=O)OCCSI)c(O)c(C(F)(F)F)c1O. The lowest BCUT2D eigenvalue weighted by atomic mass is 9.96. The summed E-state index contributed by atoms with van der Waals surface area (Å²) in [7, 11) is 1.37. The van der Waals surface area contributed by atoms with Crippen LogP contribution in [0.1, 0.15) is 27.0 Å². The molecule has 0 atom stereocenters. The zero-order valence-corrected chi connectivity index (χ0v) is 14.0. The van der Waals surface area contributed by atoms with Crippen molar-refractivity contribution in [3.8, 4) is 11.5 Å². The molecule has 1 aromatic carbocycles. The van der Waals surface area contributed by atoms with Gasteiger partial charge in [0, 0.05) is 5.75 Å². The second kappa shape index (κ2) is 6.95. The summed E-state index contributed by atoms with van der Waals surface area (Å²) in [5.74, 6) is -2.98. The number of hydrogen-bond donors (Lipinski definition) is 2. The normalized spacial score (nSPS) is 11.5. The van der Waals surface area contributed by atoms with Crippen molar-refractivity contribution in [2.45, 2.75) is 20.0 Å². The van der Waals surface area contributed by atoms with Crippen molar-refractivity contribution in [1.82, 2.24) is 0 Å². The quantitative estimate of drug-likeness (QED) is 0.425. The van der Waals surface area contributed by atoms with Gasteiger partial charge in [0.15, 0.2) is 0 Å². The van der Waals surface area contributed by atoms with E-state index >= 15 is 0 Å². The summed E-state index contributed by atoms with van der Waals surface area (Å²) in [6.45, 7) is 2.57. The molecule has 118 valence electrons. The second-order valence-corrected chi connectivity index (χ2v) is 6.64. The van der Waals surface area contributed by atoms with Crippen LogP contribution in [0.5, 0.6) is 11.5 Å². The molecule has 0 fully saturated rings. The highest BCUT2D eigenvalue weighted by Crippen LogP contribution is 2.46. The molecule has 0 aliphatic heterocycles. The minimum absolute atomic E-state index is 0.00654. The summed E-state index contributed by atoms with van der Waals surface area (Å²) >= 11 is 1.98. The van der Waals surface area contributed by atoms with Crippen LogP contribution < -0.4 is 0 Å². The molecule has 9 heteroatoms. The van der Waals surface area contributed by atoms with E-state index in [9.17, 15) is 28.2 Å². The standard InChI is InChI=1S/C12H12F3IO4S/c1-5-6(2)9(17)8(12(13,14)15)10(18)7(5)11(19)20-3-4-21-16/h17-18H,3-4H2,1-2H3. The lowest BCUT2D eigenvalue weighted by molar-refractivity contribution is -0.140. The Balaban J connectivity index is 3.39. The Kier molecular flexibility index (Phi) is 6.02. The molecular weight excluding hydrogens is 424 g/mol. The second-order valence-electron chi connectivity index (χ2n) is 4.14. The van der Waals surface area contributed by atoms with E-state index in [1.807, 2.05) is 21.2 Å². The maximum Gasteiger partial charge on any atom is 0.423 e. The Morgan fingerprint density at radius 2 is 1.81 bits per heavy atom. The third kappa shape index (κ3) is 3.87. The van der Waals surface area contributed by atoms with E-state index < -0.39 is 34.8 Å². The van der Waals surface area contributed by atoms with Gasteiger partial charge in [-0.25, -0.2) is 4.79 Å². The summed E-state index contributed by atoms with van der Waals surface area (Å²) in [6.07, 6.45) is -4.99. The number of esters is 1. The number of aromatic hydroxyl groups is 2. The lowest BCUT2D eigenvalue weighted by Gasteiger charge is -2.18. The van der Waals surface area contributed by atoms with Gasteiger partial charge >= 0.3 is 12.1 Å². The van der Waals surface area contributed by atoms with Crippen LogP contribution in [0.15, 0.2) is 0 Å². The number of rotatable bonds is 4. The number of benzene rings is 1. The van der Waals surface area contributed by atoms with E-state index in [0.29, 0.717) is 5.75 Å². The predicted molar refractivity (Wildman–Crippen MR) is 81.0 cm³/mol. The monoisotopic (exact) mass is 436 g/mol. The van der Waals surface area contributed by atoms with E-state index in [4.69, 9.17) is 4.74 Å². The van der Waals surface area contributed by atoms with Gasteiger partial charge in [0.2, 0.25) is 0 Å². The summed E-state index contributed by atoms with van der Waals surface area (Å²) in [4.78, 5) is 11.9. The fraction of sp³-hybridized carbons (Fsp3) is 0.417. The Bertz CT molecular complexity index is 561. The molecule has 0 radical (unpaired) electrons. The van der Waals surface area contributed by atoms with Gasteiger partial charge in [0.25, 0.3) is 0 Å². The number of carbonyl (C=O) groups is 1. The molecule has 0 unspecified atom stereocenters. The third-order valence-electron chi connectivity index (χ3n) is 2.88. The fourth-order valence-electron chi connectivity index (χ4n) is 1.72. The number of phenolic OH excluding ortho intramolecular Hbond substituents is 2. The third-order valence-corrected chi connectivity index (χ3v) is 4.53. The molecule has 0 aliphatic rings. The smallest absolute Gasteiger partial charge is 0.423 e. The zero-order chi connectivity index (χ0) is 16.4. The number of ether oxygens (including phenoxy) is 1. The summed E-state index contributed by atoms with van der Waals surface area (Å²) in [5, 5.41) is 19.3. The Morgan fingerprint density at radius 1 is 1.24 bits per heavy atom. The van der Waals surface area contributed by atoms with Crippen LogP contribution in [-0.2, 0) is 10.9 Å². The van der Waals surface area contributed by atoms with Gasteiger partial charge in [-0.3, -0.25) is 0 Å². The molecule has 21 heavy (non-hydrogen) atoms. The van der Waals surface area contributed by atoms with Crippen LogP contribution in [0.4, 0.5) is 13.2 Å². The van der Waals surface area contributed by atoms with E-state index in [1.54, 1.807) is 0 Å². The summed E-state index contributed by atoms with van der Waals surface area (Å²) in [5.41, 5.74) is -2.28. The van der Waals surface area contributed by atoms with Crippen LogP contribution in [-0.4, -0.2) is 28.5 Å². The van der Waals surface area contributed by atoms with Crippen molar-refractivity contribution in [3.05, 3.63) is 22.3 Å². The van der Waals surface area contributed by atoms with E-state index in [-0.39, 0.29) is 17.7 Å². The van der Waals surface area contributed by atoms with Crippen molar-refractivity contribution < 1.29 is 32.9 Å². The molecule has 1 rings (SSSR count). The number of phenols is 2. The van der Waals surface area contributed by atoms with Crippen LogP contribution in [0.2, 0.25) is 0 Å². The van der Waals surface area contributed by atoms with Gasteiger partial charge in [-0.15, -0.1) is 0 Å². The van der Waals surface area contributed by atoms with E-state index in [2.05, 4.69) is 0 Å². The topological polar surface area (TPSA) is 66.8 Å². The molecule has 0 heterocycles. The maximum atomic E-state index is 12.9. The van der Waals surface area contributed by atoms with Gasteiger partial charge < -0.3 is 14.9 Å².